The van der Waals surface area contributed by atoms with Gasteiger partial charge in [0.2, 0.25) is 0 Å². The van der Waals surface area contributed by atoms with Crippen molar-refractivity contribution in [1.29, 1.82) is 0 Å². The molecule has 1 aliphatic carbocycles. The number of benzene rings is 1. The largest absolute Gasteiger partial charge is 0.494 e. The minimum absolute atomic E-state index is 0.256. The van der Waals surface area contributed by atoms with E-state index < -0.39 is 0 Å². The van der Waals surface area contributed by atoms with E-state index in [2.05, 4.69) is 6.92 Å². The molecule has 0 N–H and O–H groups in total. The van der Waals surface area contributed by atoms with E-state index in [1.54, 1.807) is 0 Å². The van der Waals surface area contributed by atoms with E-state index in [1.165, 1.54) is 89.5 Å². The molecule has 1 saturated carbocycles. The molecule has 1 aliphatic rings. The average Bonchev–Trinajstić information content (AvgIpc) is 3.63. The van der Waals surface area contributed by atoms with E-state index in [-0.39, 0.29) is 5.97 Å². The fourth-order valence-corrected chi connectivity index (χ4v) is 3.96. The summed E-state index contributed by atoms with van der Waals surface area (Å²) >= 11 is 0. The van der Waals surface area contributed by atoms with Crippen LogP contribution >= 0.6 is 0 Å². The molecule has 32 heavy (non-hydrogen) atoms. The Labute approximate surface area is 197 Å². The van der Waals surface area contributed by atoms with Crippen LogP contribution in [0, 0.1) is 5.92 Å². The number of ether oxygens (including phenoxy) is 2. The van der Waals surface area contributed by atoms with Crippen molar-refractivity contribution in [2.24, 2.45) is 5.92 Å². The van der Waals surface area contributed by atoms with E-state index >= 15 is 0 Å². The van der Waals surface area contributed by atoms with Crippen molar-refractivity contribution in [2.75, 3.05) is 13.2 Å². The lowest BCUT2D eigenvalue weighted by Crippen LogP contribution is -2.02. The summed E-state index contributed by atoms with van der Waals surface area (Å²) in [6.45, 7) is 3.54. The predicted octanol–water partition coefficient (Wildman–Crippen LogP) is 8.51. The third-order valence-corrected chi connectivity index (χ3v) is 6.26. The minimum atomic E-state index is -0.256. The smallest absolute Gasteiger partial charge is 0.330 e. The molecule has 0 unspecified atom stereocenters. The van der Waals surface area contributed by atoms with Gasteiger partial charge in [0.25, 0.3) is 0 Å². The molecule has 3 heteroatoms. The van der Waals surface area contributed by atoms with Gasteiger partial charge in [-0.2, -0.15) is 0 Å². The molecular formula is C29H46O3. The third-order valence-electron chi connectivity index (χ3n) is 6.26. The summed E-state index contributed by atoms with van der Waals surface area (Å²) in [6, 6.07) is 7.89. The van der Waals surface area contributed by atoms with E-state index in [0.717, 1.165) is 43.1 Å². The minimum Gasteiger partial charge on any atom is -0.494 e. The highest BCUT2D eigenvalue weighted by Gasteiger charge is 2.19. The summed E-state index contributed by atoms with van der Waals surface area (Å²) in [4.78, 5) is 11.9. The second kappa shape index (κ2) is 17.7. The predicted molar refractivity (Wildman–Crippen MR) is 135 cm³/mol. The maximum absolute atomic E-state index is 11.9. The topological polar surface area (TPSA) is 35.5 Å². The quantitative estimate of drug-likeness (QED) is 0.115. The van der Waals surface area contributed by atoms with Gasteiger partial charge in [0.05, 0.1) is 13.2 Å². The van der Waals surface area contributed by atoms with Gasteiger partial charge in [0.15, 0.2) is 0 Å². The molecule has 0 atom stereocenters. The van der Waals surface area contributed by atoms with Crippen molar-refractivity contribution < 1.29 is 14.3 Å². The fraction of sp³-hybridized carbons (Fsp3) is 0.690. The first-order valence-corrected chi connectivity index (χ1v) is 13.4. The van der Waals surface area contributed by atoms with Crippen LogP contribution in [0.3, 0.4) is 0 Å². The summed E-state index contributed by atoms with van der Waals surface area (Å²) in [7, 11) is 0. The molecule has 1 aromatic carbocycles. The van der Waals surface area contributed by atoms with Crippen molar-refractivity contribution in [2.45, 2.75) is 110 Å². The summed E-state index contributed by atoms with van der Waals surface area (Å²) in [5, 5.41) is 0. The molecule has 0 bridgehead atoms. The molecular weight excluding hydrogens is 396 g/mol. The second-order valence-electron chi connectivity index (χ2n) is 9.39. The van der Waals surface area contributed by atoms with Crippen LogP contribution in [0.4, 0.5) is 0 Å². The first-order valence-electron chi connectivity index (χ1n) is 13.4. The number of hydrogen-bond donors (Lipinski definition) is 0. The molecule has 0 spiro atoms. The Kier molecular flexibility index (Phi) is 14.7. The number of unbranched alkanes of at least 4 members (excludes halogenated alkanes) is 11. The molecule has 180 valence electrons. The zero-order valence-electron chi connectivity index (χ0n) is 20.5. The molecule has 0 aromatic heterocycles. The number of carbonyl (C=O) groups excluding carboxylic acids is 1. The van der Waals surface area contributed by atoms with E-state index in [0.29, 0.717) is 6.61 Å². The van der Waals surface area contributed by atoms with Crippen LogP contribution in [0.2, 0.25) is 0 Å². The van der Waals surface area contributed by atoms with Crippen LogP contribution in [-0.2, 0) is 9.53 Å². The average molecular weight is 443 g/mol. The Balaban J connectivity index is 1.43. The molecule has 1 aromatic rings. The number of esters is 1. The molecule has 2 rings (SSSR count). The van der Waals surface area contributed by atoms with Gasteiger partial charge in [-0.15, -0.1) is 0 Å². The Hall–Kier alpha value is -1.77. The number of hydrogen-bond acceptors (Lipinski definition) is 3. The highest BCUT2D eigenvalue weighted by atomic mass is 16.5. The van der Waals surface area contributed by atoms with Gasteiger partial charge in [0, 0.05) is 6.08 Å². The first kappa shape index (κ1) is 26.5. The molecule has 0 heterocycles. The van der Waals surface area contributed by atoms with Gasteiger partial charge in [-0.3, -0.25) is 0 Å². The second-order valence-corrected chi connectivity index (χ2v) is 9.39. The van der Waals surface area contributed by atoms with Crippen molar-refractivity contribution in [1.82, 2.24) is 0 Å². The highest BCUT2D eigenvalue weighted by molar-refractivity contribution is 5.87. The first-order chi connectivity index (χ1) is 15.8. The van der Waals surface area contributed by atoms with Crippen molar-refractivity contribution in [3.63, 3.8) is 0 Å². The lowest BCUT2D eigenvalue weighted by molar-refractivity contribution is -0.137. The summed E-state index contributed by atoms with van der Waals surface area (Å²) in [6.07, 6.45) is 24.2. The van der Waals surface area contributed by atoms with Crippen molar-refractivity contribution >= 4 is 12.0 Å². The molecule has 0 saturated heterocycles. The standard InChI is InChI=1S/C29H46O3/c1-2-3-4-5-10-13-24-31-28-21-18-27(19-22-28)20-23-29(30)32-25-14-11-8-6-7-9-12-15-26-16-17-26/h18-23,26H,2-17,24-25H2,1H3. The molecule has 0 amide bonds. The monoisotopic (exact) mass is 442 g/mol. The van der Waals surface area contributed by atoms with Crippen LogP contribution in [0.25, 0.3) is 6.08 Å². The lowest BCUT2D eigenvalue weighted by Gasteiger charge is -2.06. The third kappa shape index (κ3) is 14.3. The van der Waals surface area contributed by atoms with E-state index in [1.807, 2.05) is 30.3 Å². The summed E-state index contributed by atoms with van der Waals surface area (Å²) < 4.78 is 11.1. The van der Waals surface area contributed by atoms with E-state index in [9.17, 15) is 4.79 Å². The molecule has 0 radical (unpaired) electrons. The van der Waals surface area contributed by atoms with Crippen molar-refractivity contribution in [3.05, 3.63) is 35.9 Å². The van der Waals surface area contributed by atoms with E-state index in [4.69, 9.17) is 9.47 Å². The molecule has 3 nitrogen and oxygen atoms in total. The summed E-state index contributed by atoms with van der Waals surface area (Å²) in [5.41, 5.74) is 0.982. The Morgan fingerprint density at radius 1 is 0.812 bits per heavy atom. The van der Waals surface area contributed by atoms with Crippen LogP contribution in [0.1, 0.15) is 115 Å². The van der Waals surface area contributed by atoms with Gasteiger partial charge < -0.3 is 9.47 Å². The number of carbonyl (C=O) groups is 1. The van der Waals surface area contributed by atoms with Gasteiger partial charge >= 0.3 is 5.97 Å². The lowest BCUT2D eigenvalue weighted by atomic mass is 10.1. The molecule has 0 aliphatic heterocycles. The maximum Gasteiger partial charge on any atom is 0.330 e. The van der Waals surface area contributed by atoms with Crippen molar-refractivity contribution in [3.8, 4) is 5.75 Å². The van der Waals surface area contributed by atoms with Gasteiger partial charge in [-0.1, -0.05) is 109 Å². The SMILES string of the molecule is CCCCCCCCOc1ccc(C=CC(=O)OCCCCCCCCCC2CC2)cc1. The fourth-order valence-electron chi connectivity index (χ4n) is 3.96. The molecule has 1 fully saturated rings. The Bertz CT molecular complexity index is 616. The zero-order valence-corrected chi connectivity index (χ0v) is 20.5. The van der Waals surface area contributed by atoms with Crippen LogP contribution < -0.4 is 4.74 Å². The Morgan fingerprint density at radius 2 is 1.41 bits per heavy atom. The van der Waals surface area contributed by atoms with Crippen LogP contribution in [0.5, 0.6) is 5.75 Å². The van der Waals surface area contributed by atoms with Crippen LogP contribution in [0.15, 0.2) is 30.3 Å². The van der Waals surface area contributed by atoms with Gasteiger partial charge in [-0.05, 0) is 42.5 Å². The Morgan fingerprint density at radius 3 is 2.06 bits per heavy atom. The summed E-state index contributed by atoms with van der Waals surface area (Å²) in [5.74, 6) is 1.71. The van der Waals surface area contributed by atoms with Gasteiger partial charge in [-0.25, -0.2) is 4.79 Å². The van der Waals surface area contributed by atoms with Gasteiger partial charge in [0.1, 0.15) is 5.75 Å². The highest BCUT2D eigenvalue weighted by Crippen LogP contribution is 2.34. The maximum atomic E-state index is 11.9. The number of rotatable bonds is 20. The normalized spacial score (nSPS) is 13.5. The van der Waals surface area contributed by atoms with Crippen LogP contribution in [-0.4, -0.2) is 19.2 Å². The zero-order chi connectivity index (χ0) is 22.7.